The van der Waals surface area contributed by atoms with E-state index in [1.165, 1.54) is 5.56 Å². The van der Waals surface area contributed by atoms with Gasteiger partial charge in [0.15, 0.2) is 0 Å². The van der Waals surface area contributed by atoms with E-state index >= 15 is 0 Å². The Balaban J connectivity index is 2.02. The van der Waals surface area contributed by atoms with E-state index in [1.54, 1.807) is 6.20 Å². The summed E-state index contributed by atoms with van der Waals surface area (Å²) >= 11 is 9.16. The van der Waals surface area contributed by atoms with Crippen LogP contribution in [-0.2, 0) is 12.4 Å². The van der Waals surface area contributed by atoms with E-state index in [2.05, 4.69) is 38.4 Å². The van der Waals surface area contributed by atoms with E-state index < -0.39 is 0 Å². The molecule has 2 aromatic rings. The van der Waals surface area contributed by atoms with E-state index in [0.717, 1.165) is 28.0 Å². The lowest BCUT2D eigenvalue weighted by atomic mass is 10.1. The van der Waals surface area contributed by atoms with Gasteiger partial charge in [-0.25, -0.2) is 4.98 Å². The number of nitrogens with zero attached hydrogens (tertiary/aromatic N) is 1. The summed E-state index contributed by atoms with van der Waals surface area (Å²) in [7, 11) is 0. The molecule has 0 saturated carbocycles. The molecule has 0 aliphatic heterocycles. The average Bonchev–Trinajstić information content (AvgIpc) is 2.38. The van der Waals surface area contributed by atoms with Gasteiger partial charge in [-0.3, -0.25) is 0 Å². The van der Waals surface area contributed by atoms with Crippen LogP contribution in [0.4, 0.5) is 5.82 Å². The minimum absolute atomic E-state index is 0.557. The van der Waals surface area contributed by atoms with Gasteiger partial charge < -0.3 is 5.32 Å². The highest BCUT2D eigenvalue weighted by atomic mass is 79.9. The first kappa shape index (κ1) is 13.4. The van der Waals surface area contributed by atoms with Gasteiger partial charge in [-0.15, -0.1) is 11.6 Å². The van der Waals surface area contributed by atoms with Crippen molar-refractivity contribution in [1.82, 2.24) is 4.98 Å². The second-order valence-electron chi connectivity index (χ2n) is 4.12. The smallest absolute Gasteiger partial charge is 0.129 e. The molecule has 18 heavy (non-hydrogen) atoms. The Kier molecular flexibility index (Phi) is 4.61. The Bertz CT molecular complexity index is 526. The number of nitrogens with one attached hydrogen (secondary N) is 1. The summed E-state index contributed by atoms with van der Waals surface area (Å²) < 4.78 is 0.997. The van der Waals surface area contributed by atoms with Crippen molar-refractivity contribution in [3.05, 3.63) is 57.7 Å². The molecule has 2 rings (SSSR count). The van der Waals surface area contributed by atoms with E-state index in [-0.39, 0.29) is 0 Å². The largest absolute Gasteiger partial charge is 0.366 e. The van der Waals surface area contributed by atoms with Crippen LogP contribution >= 0.6 is 27.5 Å². The van der Waals surface area contributed by atoms with Crippen LogP contribution in [0.5, 0.6) is 0 Å². The Labute approximate surface area is 121 Å². The summed E-state index contributed by atoms with van der Waals surface area (Å²) in [6, 6.07) is 10.3. The van der Waals surface area contributed by atoms with Crippen LogP contribution < -0.4 is 5.32 Å². The lowest BCUT2D eigenvalue weighted by Gasteiger charge is -2.09. The first-order valence-electron chi connectivity index (χ1n) is 5.69. The highest BCUT2D eigenvalue weighted by Crippen LogP contribution is 2.17. The maximum Gasteiger partial charge on any atom is 0.129 e. The first-order valence-corrected chi connectivity index (χ1v) is 7.01. The van der Waals surface area contributed by atoms with Crippen molar-refractivity contribution in [3.8, 4) is 0 Å². The van der Waals surface area contributed by atoms with Crippen LogP contribution in [0.1, 0.15) is 16.7 Å². The van der Waals surface area contributed by atoms with Crippen LogP contribution in [0.15, 0.2) is 41.0 Å². The van der Waals surface area contributed by atoms with Gasteiger partial charge in [0.05, 0.1) is 0 Å². The van der Waals surface area contributed by atoms with Gasteiger partial charge in [0, 0.05) is 23.1 Å². The summed E-state index contributed by atoms with van der Waals surface area (Å²) in [4.78, 5) is 4.35. The minimum atomic E-state index is 0.557. The normalized spacial score (nSPS) is 10.4. The van der Waals surface area contributed by atoms with Gasteiger partial charge in [-0.1, -0.05) is 24.3 Å². The fraction of sp³-hybridized carbons (Fsp3) is 0.214. The Morgan fingerprint density at radius 2 is 1.89 bits per heavy atom. The van der Waals surface area contributed by atoms with Crippen LogP contribution in [0, 0.1) is 6.92 Å². The number of alkyl halides is 1. The summed E-state index contributed by atoms with van der Waals surface area (Å²) in [6.45, 7) is 2.80. The number of anilines is 1. The summed E-state index contributed by atoms with van der Waals surface area (Å²) in [5.74, 6) is 1.47. The molecule has 0 fully saturated rings. The fourth-order valence-electron chi connectivity index (χ4n) is 1.66. The predicted octanol–water partition coefficient (Wildman–Crippen LogP) is 4.50. The highest BCUT2D eigenvalue weighted by Gasteiger charge is 2.00. The highest BCUT2D eigenvalue weighted by molar-refractivity contribution is 9.10. The molecule has 1 aromatic carbocycles. The molecule has 0 radical (unpaired) electrons. The molecule has 0 aliphatic rings. The Morgan fingerprint density at radius 3 is 2.50 bits per heavy atom. The molecular formula is C14H14BrClN2. The molecule has 1 aromatic heterocycles. The summed E-state index contributed by atoms with van der Waals surface area (Å²) in [5.41, 5.74) is 3.48. The van der Waals surface area contributed by atoms with Gasteiger partial charge in [-0.2, -0.15) is 0 Å². The van der Waals surface area contributed by atoms with Crippen molar-refractivity contribution in [1.29, 1.82) is 0 Å². The predicted molar refractivity (Wildman–Crippen MR) is 80.0 cm³/mol. The first-order chi connectivity index (χ1) is 8.69. The molecule has 1 N–H and O–H groups in total. The number of aryl methyl sites for hydroxylation is 1. The SMILES string of the molecule is Cc1cc(Br)cnc1NCc1ccc(CCl)cc1. The molecule has 0 spiro atoms. The van der Waals surface area contributed by atoms with Crippen LogP contribution in [-0.4, -0.2) is 4.98 Å². The molecule has 94 valence electrons. The molecule has 0 bridgehead atoms. The topological polar surface area (TPSA) is 24.9 Å². The average molecular weight is 326 g/mol. The molecule has 0 unspecified atom stereocenters. The molecule has 0 atom stereocenters. The Hall–Kier alpha value is -1.06. The molecular weight excluding hydrogens is 312 g/mol. The quantitative estimate of drug-likeness (QED) is 0.837. The van der Waals surface area contributed by atoms with E-state index in [1.807, 2.05) is 25.1 Å². The number of aromatic nitrogens is 1. The van der Waals surface area contributed by atoms with Crippen molar-refractivity contribution in [3.63, 3.8) is 0 Å². The van der Waals surface area contributed by atoms with E-state index in [0.29, 0.717) is 5.88 Å². The van der Waals surface area contributed by atoms with Gasteiger partial charge in [0.1, 0.15) is 5.82 Å². The van der Waals surface area contributed by atoms with Crippen LogP contribution in [0.3, 0.4) is 0 Å². The maximum absolute atomic E-state index is 5.76. The lowest BCUT2D eigenvalue weighted by molar-refractivity contribution is 1.09. The van der Waals surface area contributed by atoms with Crippen LogP contribution in [0.2, 0.25) is 0 Å². The third kappa shape index (κ3) is 3.47. The molecule has 2 nitrogen and oxygen atoms in total. The molecule has 1 heterocycles. The molecule has 4 heteroatoms. The van der Waals surface area contributed by atoms with Gasteiger partial charge in [-0.05, 0) is 45.6 Å². The van der Waals surface area contributed by atoms with Crippen molar-refractivity contribution >= 4 is 33.3 Å². The van der Waals surface area contributed by atoms with Gasteiger partial charge >= 0.3 is 0 Å². The zero-order valence-electron chi connectivity index (χ0n) is 10.1. The zero-order valence-corrected chi connectivity index (χ0v) is 12.4. The molecule has 0 amide bonds. The second kappa shape index (κ2) is 6.21. The monoisotopic (exact) mass is 324 g/mol. The summed E-state index contributed by atoms with van der Waals surface area (Å²) in [5, 5.41) is 3.33. The number of hydrogen-bond donors (Lipinski definition) is 1. The lowest BCUT2D eigenvalue weighted by Crippen LogP contribution is -2.03. The van der Waals surface area contributed by atoms with E-state index in [4.69, 9.17) is 11.6 Å². The number of benzene rings is 1. The number of pyridine rings is 1. The van der Waals surface area contributed by atoms with Gasteiger partial charge in [0.25, 0.3) is 0 Å². The van der Waals surface area contributed by atoms with Crippen molar-refractivity contribution < 1.29 is 0 Å². The molecule has 0 saturated heterocycles. The maximum atomic E-state index is 5.76. The van der Waals surface area contributed by atoms with E-state index in [9.17, 15) is 0 Å². The van der Waals surface area contributed by atoms with Crippen molar-refractivity contribution in [2.75, 3.05) is 5.32 Å². The number of halogens is 2. The number of rotatable bonds is 4. The second-order valence-corrected chi connectivity index (χ2v) is 5.31. The van der Waals surface area contributed by atoms with Gasteiger partial charge in [0.2, 0.25) is 0 Å². The van der Waals surface area contributed by atoms with Crippen LogP contribution in [0.25, 0.3) is 0 Å². The standard InChI is InChI=1S/C14H14BrClN2/c1-10-6-13(15)9-18-14(10)17-8-12-4-2-11(7-16)3-5-12/h2-6,9H,7-8H2,1H3,(H,17,18). The molecule has 0 aliphatic carbocycles. The third-order valence-corrected chi connectivity index (χ3v) is 3.42. The Morgan fingerprint density at radius 1 is 1.22 bits per heavy atom. The number of hydrogen-bond acceptors (Lipinski definition) is 2. The van der Waals surface area contributed by atoms with Crippen molar-refractivity contribution in [2.45, 2.75) is 19.3 Å². The fourth-order valence-corrected chi connectivity index (χ4v) is 2.28. The van der Waals surface area contributed by atoms with Crippen molar-refractivity contribution in [2.24, 2.45) is 0 Å². The summed E-state index contributed by atoms with van der Waals surface area (Å²) in [6.07, 6.45) is 1.80. The zero-order chi connectivity index (χ0) is 13.0. The minimum Gasteiger partial charge on any atom is -0.366 e. The third-order valence-electron chi connectivity index (χ3n) is 2.68.